The lowest BCUT2D eigenvalue weighted by Gasteiger charge is -2.39. The third-order valence-electron chi connectivity index (χ3n) is 7.74. The van der Waals surface area contributed by atoms with Crippen molar-refractivity contribution >= 4 is 50.7 Å². The molecule has 2 heterocycles. The molecule has 0 bridgehead atoms. The molecule has 0 fully saturated rings. The second-order valence-electron chi connectivity index (χ2n) is 10.7. The summed E-state index contributed by atoms with van der Waals surface area (Å²) in [7, 11) is -4.09. The van der Waals surface area contributed by atoms with Gasteiger partial charge in [-0.25, -0.2) is 12.8 Å². The summed E-state index contributed by atoms with van der Waals surface area (Å²) in [5.74, 6) is -0.369. The van der Waals surface area contributed by atoms with Crippen LogP contribution >= 0.6 is 23.2 Å². The summed E-state index contributed by atoms with van der Waals surface area (Å²) in [6, 6.07) is 23.0. The van der Waals surface area contributed by atoms with Gasteiger partial charge in [0.25, 0.3) is 0 Å². The van der Waals surface area contributed by atoms with Crippen molar-refractivity contribution in [3.8, 4) is 11.1 Å². The highest BCUT2D eigenvalue weighted by Crippen LogP contribution is 2.48. The first-order valence-corrected chi connectivity index (χ1v) is 16.6. The van der Waals surface area contributed by atoms with E-state index in [1.54, 1.807) is 42.5 Å². The summed E-state index contributed by atoms with van der Waals surface area (Å²) in [5.41, 5.74) is 4.66. The van der Waals surface area contributed by atoms with E-state index in [4.69, 9.17) is 23.2 Å². The van der Waals surface area contributed by atoms with Crippen LogP contribution in [0.5, 0.6) is 0 Å². The Kier molecular flexibility index (Phi) is 8.62. The predicted molar refractivity (Wildman–Crippen MR) is 173 cm³/mol. The predicted octanol–water partition coefficient (Wildman–Crippen LogP) is 6.29. The highest BCUT2D eigenvalue weighted by molar-refractivity contribution is 7.92. The molecule has 2 N–H and O–H groups in total. The molecule has 4 aromatic rings. The molecule has 0 spiro atoms. The van der Waals surface area contributed by atoms with Crippen LogP contribution in [0.15, 0.2) is 89.9 Å². The normalized spacial score (nSPS) is 15.7. The van der Waals surface area contributed by atoms with E-state index in [1.165, 1.54) is 22.5 Å². The Hall–Kier alpha value is -3.92. The number of halogens is 3. The maximum Gasteiger partial charge on any atom is 0.239 e. The zero-order valence-electron chi connectivity index (χ0n) is 23.6. The van der Waals surface area contributed by atoms with E-state index < -0.39 is 21.9 Å². The SMILES string of the molecule is O=C(CC1c2cc(F)ccc2-c2ccccc2N1S(=O)(=O)Cc1ccc(Cl)c(Cl)c1)NCCc1ccc(C2=NCCN2)cc1. The largest absolute Gasteiger partial charge is 0.368 e. The fourth-order valence-corrected chi connectivity index (χ4v) is 7.80. The summed E-state index contributed by atoms with van der Waals surface area (Å²) in [6.45, 7) is 1.95. The van der Waals surface area contributed by atoms with Gasteiger partial charge in [-0.1, -0.05) is 77.8 Å². The van der Waals surface area contributed by atoms with Gasteiger partial charge < -0.3 is 10.6 Å². The molecule has 0 aliphatic carbocycles. The van der Waals surface area contributed by atoms with Crippen molar-refractivity contribution < 1.29 is 17.6 Å². The number of hydrogen-bond acceptors (Lipinski definition) is 5. The second-order valence-corrected chi connectivity index (χ2v) is 13.4. The molecule has 0 radical (unpaired) electrons. The van der Waals surface area contributed by atoms with E-state index >= 15 is 0 Å². The molecule has 2 aliphatic heterocycles. The summed E-state index contributed by atoms with van der Waals surface area (Å²) >= 11 is 12.2. The van der Waals surface area contributed by atoms with Gasteiger partial charge in [0.05, 0.1) is 40.5 Å². The monoisotopic (exact) mass is 650 g/mol. The molecule has 1 atom stereocenters. The molecule has 11 heteroatoms. The zero-order chi connectivity index (χ0) is 30.8. The molecule has 44 heavy (non-hydrogen) atoms. The maximum atomic E-state index is 14.6. The van der Waals surface area contributed by atoms with Crippen LogP contribution in [0.3, 0.4) is 0 Å². The molecule has 7 nitrogen and oxygen atoms in total. The number of para-hydroxylation sites is 1. The number of amides is 1. The van der Waals surface area contributed by atoms with Crippen molar-refractivity contribution in [3.05, 3.63) is 123 Å². The first-order chi connectivity index (χ1) is 21.2. The minimum Gasteiger partial charge on any atom is -0.368 e. The Balaban J connectivity index is 1.25. The van der Waals surface area contributed by atoms with Gasteiger partial charge in [-0.15, -0.1) is 0 Å². The Morgan fingerprint density at radius 3 is 2.48 bits per heavy atom. The number of carbonyl (C=O) groups is 1. The molecule has 1 amide bonds. The van der Waals surface area contributed by atoms with E-state index in [9.17, 15) is 17.6 Å². The molecule has 0 saturated heterocycles. The van der Waals surface area contributed by atoms with E-state index in [1.807, 2.05) is 24.3 Å². The standard InChI is InChI=1S/C33H29Cl2FN4O3S/c34-28-12-7-22(17-29(28)35)20-44(42,43)40-30-4-2-1-3-26(30)25-11-10-24(36)18-27(25)31(40)19-32(41)37-14-13-21-5-8-23(9-6-21)33-38-15-16-39-33/h1-12,17-18,31H,13-16,19-20H2,(H,37,41)(H,38,39). The van der Waals surface area contributed by atoms with Crippen molar-refractivity contribution in [1.82, 2.24) is 10.6 Å². The number of rotatable bonds is 9. The second kappa shape index (κ2) is 12.6. The molecule has 2 aliphatic rings. The lowest BCUT2D eigenvalue weighted by molar-refractivity contribution is -0.121. The number of fused-ring (bicyclic) bond motifs is 3. The molecule has 1 unspecified atom stereocenters. The van der Waals surface area contributed by atoms with Crippen LogP contribution in [0.1, 0.15) is 34.7 Å². The third-order valence-corrected chi connectivity index (χ3v) is 10.2. The van der Waals surface area contributed by atoms with Gasteiger partial charge in [0, 0.05) is 24.2 Å². The van der Waals surface area contributed by atoms with Crippen LogP contribution in [0.4, 0.5) is 10.1 Å². The summed E-state index contributed by atoms with van der Waals surface area (Å²) < 4.78 is 44.2. The fraction of sp³-hybridized carbons (Fsp3) is 0.212. The highest BCUT2D eigenvalue weighted by atomic mass is 35.5. The number of hydrogen-bond donors (Lipinski definition) is 2. The van der Waals surface area contributed by atoms with E-state index in [0.717, 1.165) is 30.1 Å². The molecular formula is C33H29Cl2FN4O3S. The average Bonchev–Trinajstić information content (AvgIpc) is 3.54. The molecule has 6 rings (SSSR count). The smallest absolute Gasteiger partial charge is 0.239 e. The Morgan fingerprint density at radius 2 is 1.73 bits per heavy atom. The summed E-state index contributed by atoms with van der Waals surface area (Å²) in [5, 5.41) is 6.73. The highest BCUT2D eigenvalue weighted by Gasteiger charge is 2.39. The Labute approximate surface area is 265 Å². The van der Waals surface area contributed by atoms with E-state index in [0.29, 0.717) is 45.9 Å². The molecule has 0 saturated carbocycles. The van der Waals surface area contributed by atoms with Gasteiger partial charge in [0.1, 0.15) is 11.7 Å². The molecule has 4 aromatic carbocycles. The Bertz CT molecular complexity index is 1870. The number of nitrogens with one attached hydrogen (secondary N) is 2. The minimum absolute atomic E-state index is 0.199. The van der Waals surface area contributed by atoms with E-state index in [-0.39, 0.29) is 23.1 Å². The van der Waals surface area contributed by atoms with Crippen molar-refractivity contribution in [3.63, 3.8) is 0 Å². The van der Waals surface area contributed by atoms with Crippen molar-refractivity contribution in [2.24, 2.45) is 4.99 Å². The van der Waals surface area contributed by atoms with Crippen LogP contribution in [-0.4, -0.2) is 39.8 Å². The number of nitrogens with zero attached hydrogens (tertiary/aromatic N) is 2. The van der Waals surface area contributed by atoms with Crippen molar-refractivity contribution in [1.29, 1.82) is 0 Å². The van der Waals surface area contributed by atoms with Gasteiger partial charge in [-0.3, -0.25) is 14.1 Å². The number of amidine groups is 1. The van der Waals surface area contributed by atoms with Gasteiger partial charge in [0.2, 0.25) is 15.9 Å². The van der Waals surface area contributed by atoms with Crippen molar-refractivity contribution in [2.45, 2.75) is 24.6 Å². The van der Waals surface area contributed by atoms with Crippen LogP contribution in [0.2, 0.25) is 10.0 Å². The maximum absolute atomic E-state index is 14.6. The van der Waals surface area contributed by atoms with E-state index in [2.05, 4.69) is 15.6 Å². The lowest BCUT2D eigenvalue weighted by Crippen LogP contribution is -2.41. The topological polar surface area (TPSA) is 90.9 Å². The molecular weight excluding hydrogens is 622 g/mol. The first kappa shape index (κ1) is 30.1. The van der Waals surface area contributed by atoms with Crippen LogP contribution in [0, 0.1) is 5.82 Å². The van der Waals surface area contributed by atoms with Gasteiger partial charge in [-0.05, 0) is 59.0 Å². The Morgan fingerprint density at radius 1 is 0.955 bits per heavy atom. The number of sulfonamides is 1. The fourth-order valence-electron chi connectivity index (χ4n) is 5.70. The first-order valence-electron chi connectivity index (χ1n) is 14.2. The number of benzene rings is 4. The van der Waals surface area contributed by atoms with Crippen LogP contribution < -0.4 is 14.9 Å². The lowest BCUT2D eigenvalue weighted by atomic mass is 9.88. The quantitative estimate of drug-likeness (QED) is 0.223. The summed E-state index contributed by atoms with van der Waals surface area (Å²) in [4.78, 5) is 17.8. The number of aliphatic imine (C=N–C) groups is 1. The number of carbonyl (C=O) groups excluding carboxylic acids is 1. The minimum atomic E-state index is -4.09. The summed E-state index contributed by atoms with van der Waals surface area (Å²) in [6.07, 6.45) is 0.389. The molecule has 226 valence electrons. The van der Waals surface area contributed by atoms with Gasteiger partial charge >= 0.3 is 0 Å². The third kappa shape index (κ3) is 6.31. The number of anilines is 1. The van der Waals surface area contributed by atoms with Crippen molar-refractivity contribution in [2.75, 3.05) is 23.9 Å². The molecule has 0 aromatic heterocycles. The zero-order valence-corrected chi connectivity index (χ0v) is 25.9. The van der Waals surface area contributed by atoms with Crippen LogP contribution in [0.25, 0.3) is 11.1 Å². The van der Waals surface area contributed by atoms with Gasteiger partial charge in [0.15, 0.2) is 0 Å². The average molecular weight is 652 g/mol. The van der Waals surface area contributed by atoms with Crippen LogP contribution in [-0.2, 0) is 27.0 Å². The van der Waals surface area contributed by atoms with Gasteiger partial charge in [-0.2, -0.15) is 0 Å².